The van der Waals surface area contributed by atoms with Crippen molar-refractivity contribution in [3.63, 3.8) is 0 Å². The highest BCUT2D eigenvalue weighted by Gasteiger charge is 2.32. The zero-order valence-corrected chi connectivity index (χ0v) is 11.5. The Labute approximate surface area is 144 Å². The molecule has 1 aromatic carbocycles. The lowest BCUT2D eigenvalue weighted by molar-refractivity contribution is 0.0888. The molecule has 0 radical (unpaired) electrons. The molecule has 0 bridgehead atoms. The highest BCUT2D eigenvalue weighted by molar-refractivity contribution is 6.11. The van der Waals surface area contributed by atoms with Gasteiger partial charge in [0.05, 0.1) is 5.48 Å². The van der Waals surface area contributed by atoms with Gasteiger partial charge in [-0.2, -0.15) is 0 Å². The van der Waals surface area contributed by atoms with Crippen molar-refractivity contribution < 1.29 is 19.9 Å². The second-order valence-corrected chi connectivity index (χ2v) is 5.19. The maximum absolute atomic E-state index is 13.6. The molecule has 4 nitrogen and oxygen atoms in total. The number of rotatable bonds is 2. The number of ketones is 1. The molecule has 22 heavy (non-hydrogen) atoms. The van der Waals surface area contributed by atoms with Gasteiger partial charge in [-0.3, -0.25) is 4.79 Å². The topological polar surface area (TPSA) is 39.8 Å². The summed E-state index contributed by atoms with van der Waals surface area (Å²) in [5.74, 6) is -3.01. The fraction of sp³-hybridized carbons (Fsp3) is 0.333. The number of hydrogen-bond acceptors (Lipinski definition) is 2. The van der Waals surface area contributed by atoms with Crippen molar-refractivity contribution in [2.75, 3.05) is 0 Å². The Morgan fingerprint density at radius 2 is 2.41 bits per heavy atom. The van der Waals surface area contributed by atoms with Crippen LogP contribution in [0, 0.1) is 12.7 Å². The van der Waals surface area contributed by atoms with Gasteiger partial charge in [0.1, 0.15) is 5.82 Å². The van der Waals surface area contributed by atoms with Gasteiger partial charge in [0.25, 0.3) is 0 Å². The van der Waals surface area contributed by atoms with E-state index in [1.54, 1.807) is 0 Å². The third-order valence-corrected chi connectivity index (χ3v) is 3.99. The second kappa shape index (κ2) is 4.83. The van der Waals surface area contributed by atoms with E-state index in [2.05, 4.69) is 4.98 Å². The maximum atomic E-state index is 13.6. The lowest BCUT2D eigenvalue weighted by Crippen LogP contribution is -2.27. The summed E-state index contributed by atoms with van der Waals surface area (Å²) >= 11 is 0. The van der Waals surface area contributed by atoms with Gasteiger partial charge in [0, 0.05) is 63.6 Å². The van der Waals surface area contributed by atoms with E-state index in [1.807, 2.05) is 0 Å². The Kier molecular flexibility index (Phi) is 1.32. The molecule has 0 saturated heterocycles. The van der Waals surface area contributed by atoms with Crippen LogP contribution in [0.1, 0.15) is 43.4 Å². The van der Waals surface area contributed by atoms with E-state index < -0.39 is 49.7 Å². The van der Waals surface area contributed by atoms with E-state index in [-0.39, 0.29) is 47.4 Å². The van der Waals surface area contributed by atoms with E-state index in [9.17, 15) is 4.79 Å². The SMILES string of the molecule is [2H]c1c([2H])c([2H])c2c(c1[2H])c1c(n2C([2H])([2H])[2H])CCC([2H])(Cn2ccnc2C([2H])([2H])[2H])C1=O. The van der Waals surface area contributed by atoms with Crippen LogP contribution in [0.4, 0.5) is 0 Å². The van der Waals surface area contributed by atoms with E-state index in [1.165, 1.54) is 17.0 Å². The molecule has 0 amide bonds. The number of para-hydroxylation sites is 1. The van der Waals surface area contributed by atoms with Crippen molar-refractivity contribution in [3.8, 4) is 0 Å². The molecule has 3 aromatic rings. The van der Waals surface area contributed by atoms with Gasteiger partial charge in [-0.05, 0) is 25.7 Å². The summed E-state index contributed by atoms with van der Waals surface area (Å²) < 4.78 is 90.0. The normalized spacial score (nSPS) is 29.6. The number of benzene rings is 1. The van der Waals surface area contributed by atoms with Gasteiger partial charge >= 0.3 is 0 Å². The lowest BCUT2D eigenvalue weighted by atomic mass is 9.85. The molecule has 1 atom stereocenters. The third-order valence-electron chi connectivity index (χ3n) is 3.99. The number of hydrogen-bond donors (Lipinski definition) is 0. The molecule has 4 rings (SSSR count). The lowest BCUT2D eigenvalue weighted by Gasteiger charge is -2.23. The first-order chi connectivity index (χ1) is 15.1. The Morgan fingerprint density at radius 3 is 3.27 bits per heavy atom. The first-order valence-electron chi connectivity index (χ1n) is 12.3. The third kappa shape index (κ3) is 1.83. The van der Waals surface area contributed by atoms with Gasteiger partial charge in [-0.15, -0.1) is 0 Å². The number of carbonyl (C=O) groups is 1. The van der Waals surface area contributed by atoms with Gasteiger partial charge in [-0.25, -0.2) is 4.98 Å². The number of imidazole rings is 1. The van der Waals surface area contributed by atoms with Crippen molar-refractivity contribution in [2.45, 2.75) is 26.2 Å². The molecule has 0 N–H and O–H groups in total. The van der Waals surface area contributed by atoms with Crippen molar-refractivity contribution in [3.05, 3.63) is 53.6 Å². The molecule has 1 aliphatic rings. The number of carbonyl (C=O) groups excluding carboxylic acids is 1. The van der Waals surface area contributed by atoms with E-state index in [4.69, 9.17) is 15.1 Å². The van der Waals surface area contributed by atoms with Crippen LogP contribution in [0.5, 0.6) is 0 Å². The quantitative estimate of drug-likeness (QED) is 0.730. The largest absolute Gasteiger partial charge is 0.347 e. The highest BCUT2D eigenvalue weighted by atomic mass is 16.1. The molecule has 0 aliphatic heterocycles. The molecule has 0 saturated carbocycles. The summed E-state index contributed by atoms with van der Waals surface area (Å²) in [4.78, 5) is 17.4. The van der Waals surface area contributed by atoms with E-state index in [0.29, 0.717) is 0 Å². The fourth-order valence-corrected chi connectivity index (χ4v) is 2.90. The minimum absolute atomic E-state index is 0.0200. The molecular formula is C18H19N3O. The molecule has 112 valence electrons. The molecular weight excluding hydrogens is 274 g/mol. The van der Waals surface area contributed by atoms with Crippen molar-refractivity contribution in [1.29, 1.82) is 0 Å². The summed E-state index contributed by atoms with van der Waals surface area (Å²) in [5, 5.41) is -0.241. The van der Waals surface area contributed by atoms with Crippen LogP contribution in [-0.2, 0) is 19.9 Å². The zero-order valence-electron chi connectivity index (χ0n) is 22.5. The number of Topliss-reactive ketones (excluding diaryl/α,β-unsaturated/α-hetero) is 1. The number of fused-ring (bicyclic) bond motifs is 3. The summed E-state index contributed by atoms with van der Waals surface area (Å²) in [6.07, 6.45) is 2.40. The number of aromatic nitrogens is 3. The number of nitrogens with zero attached hydrogens (tertiary/aromatic N) is 3. The minimum Gasteiger partial charge on any atom is -0.347 e. The smallest absolute Gasteiger partial charge is 0.170 e. The molecule has 0 spiro atoms. The van der Waals surface area contributed by atoms with Crippen LogP contribution in [0.25, 0.3) is 10.9 Å². The summed E-state index contributed by atoms with van der Waals surface area (Å²) in [7, 11) is 0. The monoisotopic (exact) mass is 304 g/mol. The standard InChI is InChI=1S/C18H19N3O/c1-12-19-9-10-21(12)11-13-7-8-16-17(18(13)22)14-5-3-4-6-15(14)20(16)2/h3-6,9-10,13H,7-8,11H2,1-2H3/i1D3,2D3,3D,4D,5D,6D,13D. The van der Waals surface area contributed by atoms with E-state index >= 15 is 0 Å². The second-order valence-electron chi connectivity index (χ2n) is 5.19. The Morgan fingerprint density at radius 1 is 1.50 bits per heavy atom. The Bertz CT molecular complexity index is 1300. The maximum Gasteiger partial charge on any atom is 0.170 e. The van der Waals surface area contributed by atoms with Gasteiger partial charge < -0.3 is 9.13 Å². The first-order valence-corrected chi connectivity index (χ1v) is 6.80. The minimum atomic E-state index is -2.83. The van der Waals surface area contributed by atoms with Crippen LogP contribution in [0.2, 0.25) is 0 Å². The van der Waals surface area contributed by atoms with Crippen LogP contribution in [0.15, 0.2) is 36.6 Å². The fourth-order valence-electron chi connectivity index (χ4n) is 2.90. The molecule has 2 aromatic heterocycles. The van der Waals surface area contributed by atoms with E-state index in [0.717, 1.165) is 4.57 Å². The van der Waals surface area contributed by atoms with Crippen LogP contribution in [-0.4, -0.2) is 19.9 Å². The van der Waals surface area contributed by atoms with Gasteiger partial charge in [0.2, 0.25) is 0 Å². The zero-order chi connectivity index (χ0) is 24.7. The predicted molar refractivity (Wildman–Crippen MR) is 86.0 cm³/mol. The molecule has 4 heteroatoms. The number of aryl methyl sites for hydroxylation is 2. The first kappa shape index (κ1) is 6.03. The highest BCUT2D eigenvalue weighted by Crippen LogP contribution is 2.34. The van der Waals surface area contributed by atoms with Crippen LogP contribution >= 0.6 is 0 Å². The molecule has 1 aliphatic carbocycles. The predicted octanol–water partition coefficient (Wildman–Crippen LogP) is 3.13. The molecule has 2 heterocycles. The molecule has 0 fully saturated rings. The molecule has 1 unspecified atom stereocenters. The van der Waals surface area contributed by atoms with Gasteiger partial charge in [0.15, 0.2) is 5.78 Å². The van der Waals surface area contributed by atoms with Crippen LogP contribution in [0.3, 0.4) is 0 Å². The summed E-state index contributed by atoms with van der Waals surface area (Å²) in [5.41, 5.74) is -0.522. The van der Waals surface area contributed by atoms with Crippen molar-refractivity contribution >= 4 is 16.7 Å². The van der Waals surface area contributed by atoms with Crippen molar-refractivity contribution in [1.82, 2.24) is 14.1 Å². The Balaban J connectivity index is 1.97. The summed E-state index contributed by atoms with van der Waals surface area (Å²) in [6, 6.07) is -2.39. The average molecular weight is 304 g/mol. The Hall–Kier alpha value is -2.36. The van der Waals surface area contributed by atoms with Gasteiger partial charge in [-0.1, -0.05) is 18.1 Å². The average Bonchev–Trinajstić information content (AvgIpc) is 3.30. The van der Waals surface area contributed by atoms with Crippen LogP contribution < -0.4 is 0 Å². The summed E-state index contributed by atoms with van der Waals surface area (Å²) in [6.45, 7) is -5.75. The van der Waals surface area contributed by atoms with Crippen molar-refractivity contribution in [2.24, 2.45) is 12.9 Å².